The summed E-state index contributed by atoms with van der Waals surface area (Å²) >= 11 is 0. The summed E-state index contributed by atoms with van der Waals surface area (Å²) in [7, 11) is 1.46. The van der Waals surface area contributed by atoms with E-state index in [1.807, 2.05) is 0 Å². The summed E-state index contributed by atoms with van der Waals surface area (Å²) in [4.78, 5) is 18.2. The Morgan fingerprint density at radius 1 is 1.33 bits per heavy atom. The van der Waals surface area contributed by atoms with Crippen LogP contribution in [0.15, 0.2) is 18.5 Å². The summed E-state index contributed by atoms with van der Waals surface area (Å²) < 4.78 is 59.9. The van der Waals surface area contributed by atoms with Gasteiger partial charge in [0.2, 0.25) is 5.92 Å². The zero-order chi connectivity index (χ0) is 23.0. The van der Waals surface area contributed by atoms with Gasteiger partial charge in [0.1, 0.15) is 17.8 Å². The van der Waals surface area contributed by atoms with Crippen LogP contribution in [0.25, 0.3) is 5.65 Å². The molecule has 2 aromatic heterocycles. The van der Waals surface area contributed by atoms with Crippen LogP contribution < -0.4 is 23.5 Å². The predicted molar refractivity (Wildman–Crippen MR) is 105 cm³/mol. The average molecular weight is 495 g/mol. The molecule has 2 amide bonds. The zero-order valence-corrected chi connectivity index (χ0v) is 18.8. The van der Waals surface area contributed by atoms with Crippen molar-refractivity contribution in [2.75, 3.05) is 20.3 Å². The molecule has 8 nitrogen and oxygen atoms in total. The third-order valence-electron chi connectivity index (χ3n) is 6.42. The SMILES string of the molecule is COC[C@H](c1cnn2cc(C([NH3+])C3CCC(F)(F)CC3)nc2c1)N1C[C@@H](C(F)F)NC1=O.[Cl-]. The molecule has 0 bridgehead atoms. The number of quaternary nitrogens is 1. The van der Waals surface area contributed by atoms with Gasteiger partial charge in [-0.05, 0) is 18.9 Å². The largest absolute Gasteiger partial charge is 1.00 e. The Bertz CT molecular complexity index is 967. The molecule has 1 saturated carbocycles. The van der Waals surface area contributed by atoms with Crippen LogP contribution in [-0.2, 0) is 4.74 Å². The number of nitrogens with one attached hydrogen (secondary N) is 1. The number of nitrogens with zero attached hydrogens (tertiary/aromatic N) is 4. The summed E-state index contributed by atoms with van der Waals surface area (Å²) in [5.74, 6) is -2.59. The lowest BCUT2D eigenvalue weighted by Crippen LogP contribution is -3.00. The van der Waals surface area contributed by atoms with Crippen molar-refractivity contribution in [3.8, 4) is 0 Å². The first-order valence-electron chi connectivity index (χ1n) is 10.6. The van der Waals surface area contributed by atoms with Crippen LogP contribution in [-0.4, -0.2) is 64.2 Å². The molecule has 3 atom stereocenters. The molecule has 2 aromatic rings. The molecule has 184 valence electrons. The maximum Gasteiger partial charge on any atom is 0.318 e. The molecule has 2 aliphatic rings. The topological polar surface area (TPSA) is 99.4 Å². The van der Waals surface area contributed by atoms with E-state index in [4.69, 9.17) is 4.74 Å². The number of halogens is 5. The van der Waals surface area contributed by atoms with Crippen LogP contribution in [0.1, 0.15) is 49.0 Å². The van der Waals surface area contributed by atoms with E-state index in [2.05, 4.69) is 21.1 Å². The minimum Gasteiger partial charge on any atom is -1.00 e. The Hall–Kier alpha value is -2.18. The molecule has 4 N–H and O–H groups in total. The van der Waals surface area contributed by atoms with Crippen molar-refractivity contribution in [3.05, 3.63) is 29.7 Å². The highest BCUT2D eigenvalue weighted by atomic mass is 35.5. The van der Waals surface area contributed by atoms with Crippen LogP contribution in [0.5, 0.6) is 0 Å². The van der Waals surface area contributed by atoms with Crippen LogP contribution in [0.3, 0.4) is 0 Å². The summed E-state index contributed by atoms with van der Waals surface area (Å²) in [5.41, 5.74) is 5.91. The third kappa shape index (κ3) is 5.33. The number of amides is 2. The van der Waals surface area contributed by atoms with Gasteiger partial charge in [-0.1, -0.05) is 0 Å². The molecule has 2 fully saturated rings. The molecule has 0 spiro atoms. The van der Waals surface area contributed by atoms with E-state index in [-0.39, 0.29) is 50.4 Å². The van der Waals surface area contributed by atoms with Crippen molar-refractivity contribution in [2.45, 2.75) is 56.2 Å². The highest BCUT2D eigenvalue weighted by Crippen LogP contribution is 2.39. The Morgan fingerprint density at radius 3 is 2.64 bits per heavy atom. The predicted octanol–water partition coefficient (Wildman–Crippen LogP) is -0.812. The first kappa shape index (κ1) is 25.4. The number of aromatic nitrogens is 3. The zero-order valence-electron chi connectivity index (χ0n) is 18.1. The molecule has 1 aliphatic heterocycles. The third-order valence-corrected chi connectivity index (χ3v) is 6.42. The summed E-state index contributed by atoms with van der Waals surface area (Å²) in [6.45, 7) is -0.0499. The monoisotopic (exact) mass is 494 g/mol. The molecule has 1 unspecified atom stereocenters. The number of alkyl halides is 4. The van der Waals surface area contributed by atoms with Crippen LogP contribution in [0.2, 0.25) is 0 Å². The molecule has 4 rings (SSSR count). The molecule has 33 heavy (non-hydrogen) atoms. The lowest BCUT2D eigenvalue weighted by atomic mass is 9.81. The molecule has 1 saturated heterocycles. The fourth-order valence-electron chi connectivity index (χ4n) is 4.49. The van der Waals surface area contributed by atoms with E-state index in [0.29, 0.717) is 29.7 Å². The van der Waals surface area contributed by atoms with Crippen molar-refractivity contribution in [2.24, 2.45) is 5.92 Å². The first-order valence-corrected chi connectivity index (χ1v) is 10.6. The van der Waals surface area contributed by atoms with Crippen molar-refractivity contribution in [3.63, 3.8) is 0 Å². The molecule has 13 heteroatoms. The first-order chi connectivity index (χ1) is 15.2. The lowest BCUT2D eigenvalue weighted by Gasteiger charge is -2.29. The average Bonchev–Trinajstić information content (AvgIpc) is 3.34. The van der Waals surface area contributed by atoms with Gasteiger partial charge in [-0.15, -0.1) is 0 Å². The molecule has 3 heterocycles. The minimum absolute atomic E-state index is 0. The maximum absolute atomic E-state index is 13.5. The highest BCUT2D eigenvalue weighted by molar-refractivity contribution is 5.77. The van der Waals surface area contributed by atoms with E-state index < -0.39 is 30.5 Å². The van der Waals surface area contributed by atoms with Gasteiger partial charge in [0.25, 0.3) is 6.43 Å². The highest BCUT2D eigenvalue weighted by Gasteiger charge is 2.40. The molecule has 1 aliphatic carbocycles. The second-order valence-electron chi connectivity index (χ2n) is 8.57. The van der Waals surface area contributed by atoms with E-state index in [1.54, 1.807) is 23.0 Å². The molecule has 0 radical (unpaired) electrons. The van der Waals surface area contributed by atoms with Gasteiger partial charge in [0.15, 0.2) is 5.65 Å². The molecular weight excluding hydrogens is 468 g/mol. The van der Waals surface area contributed by atoms with Crippen LogP contribution >= 0.6 is 0 Å². The number of rotatable bonds is 7. The van der Waals surface area contributed by atoms with E-state index >= 15 is 0 Å². The van der Waals surface area contributed by atoms with Crippen molar-refractivity contribution >= 4 is 11.7 Å². The molecular formula is C20H27ClF4N6O2. The standard InChI is InChI=1S/C20H26F4N6O2.ClH/c1-32-10-15(29-8-14(18(21)22)28-19(29)31)12-6-16-27-13(9-30(16)26-7-12)17(25)11-2-4-20(23,24)5-3-11;/h6-7,9,11,14-15,17-18H,2-5,8,10,25H2,1H3,(H,28,31);1H/t14-,15+,17?;/m0./s1. The second-order valence-corrected chi connectivity index (χ2v) is 8.57. The van der Waals surface area contributed by atoms with Gasteiger partial charge < -0.3 is 33.1 Å². The maximum atomic E-state index is 13.5. The van der Waals surface area contributed by atoms with E-state index in [1.165, 1.54) is 12.0 Å². The summed E-state index contributed by atoms with van der Waals surface area (Å²) in [6.07, 6.45) is 1.09. The minimum atomic E-state index is -2.67. The fourth-order valence-corrected chi connectivity index (χ4v) is 4.49. The Kier molecular flexibility index (Phi) is 7.69. The number of ether oxygens (including phenoxy) is 1. The van der Waals surface area contributed by atoms with Gasteiger partial charge in [-0.25, -0.2) is 31.9 Å². The fraction of sp³-hybridized carbons (Fsp3) is 0.650. The Morgan fingerprint density at radius 2 is 2.03 bits per heavy atom. The van der Waals surface area contributed by atoms with Crippen molar-refractivity contribution in [1.29, 1.82) is 0 Å². The summed E-state index contributed by atoms with van der Waals surface area (Å²) in [5, 5.41) is 6.64. The number of carbonyl (C=O) groups is 1. The number of carbonyl (C=O) groups excluding carboxylic acids is 1. The van der Waals surface area contributed by atoms with Crippen LogP contribution in [0, 0.1) is 5.92 Å². The van der Waals surface area contributed by atoms with E-state index in [9.17, 15) is 22.4 Å². The number of imidazole rings is 1. The smallest absolute Gasteiger partial charge is 0.318 e. The van der Waals surface area contributed by atoms with Gasteiger partial charge in [0.05, 0.1) is 25.0 Å². The number of urea groups is 1. The van der Waals surface area contributed by atoms with E-state index in [0.717, 1.165) is 0 Å². The number of methoxy groups -OCH3 is 1. The van der Waals surface area contributed by atoms with Gasteiger partial charge in [0, 0.05) is 38.0 Å². The van der Waals surface area contributed by atoms with Gasteiger partial charge >= 0.3 is 6.03 Å². The second kappa shape index (κ2) is 9.98. The number of fused-ring (bicyclic) bond motifs is 1. The van der Waals surface area contributed by atoms with Gasteiger partial charge in [-0.3, -0.25) is 0 Å². The van der Waals surface area contributed by atoms with Crippen LogP contribution in [0.4, 0.5) is 22.4 Å². The Balaban J connectivity index is 0.00000306. The number of hydrogen-bond acceptors (Lipinski definition) is 4. The van der Waals surface area contributed by atoms with Gasteiger partial charge in [-0.2, -0.15) is 5.10 Å². The quantitative estimate of drug-likeness (QED) is 0.492. The summed E-state index contributed by atoms with van der Waals surface area (Å²) in [6, 6.07) is -0.968. The normalized spacial score (nSPS) is 22.9. The number of hydrogen-bond donors (Lipinski definition) is 2. The van der Waals surface area contributed by atoms with Crippen molar-refractivity contribution < 1.29 is 45.2 Å². The Labute approximate surface area is 194 Å². The lowest BCUT2D eigenvalue weighted by molar-refractivity contribution is -0.443. The van der Waals surface area contributed by atoms with Crippen molar-refractivity contribution in [1.82, 2.24) is 24.8 Å². The molecule has 0 aromatic carbocycles.